The van der Waals surface area contributed by atoms with Crippen LogP contribution in [-0.4, -0.2) is 4.98 Å². The minimum absolute atomic E-state index is 0.371. The Bertz CT molecular complexity index is 376. The molecule has 0 amide bonds. The summed E-state index contributed by atoms with van der Waals surface area (Å²) in [6.07, 6.45) is -7.19. The molecule has 1 aromatic heterocycles. The summed E-state index contributed by atoms with van der Waals surface area (Å²) in [5.41, 5.74) is -1.83. The van der Waals surface area contributed by atoms with Crippen LogP contribution in [0.15, 0.2) is 15.1 Å². The Hall–Kier alpha value is -0.240. The van der Waals surface area contributed by atoms with E-state index in [2.05, 4.69) is 36.8 Å². The molecule has 8 heteroatoms. The summed E-state index contributed by atoms with van der Waals surface area (Å²) in [6.45, 7) is 0. The molecule has 0 aliphatic carbocycles. The summed E-state index contributed by atoms with van der Waals surface area (Å²) in [6, 6.07) is 0. The average molecular weight is 355 g/mol. The van der Waals surface area contributed by atoms with E-state index >= 15 is 0 Å². The van der Waals surface area contributed by atoms with Crippen LogP contribution < -0.4 is 0 Å². The van der Waals surface area contributed by atoms with Crippen LogP contribution in [0.5, 0.6) is 0 Å². The van der Waals surface area contributed by atoms with Crippen molar-refractivity contribution in [3.63, 3.8) is 0 Å². The van der Waals surface area contributed by atoms with Crippen molar-refractivity contribution in [2.75, 3.05) is 0 Å². The van der Waals surface area contributed by atoms with E-state index in [9.17, 15) is 22.0 Å². The molecular weight excluding hydrogens is 353 g/mol. The van der Waals surface area contributed by atoms with Gasteiger partial charge in [0.05, 0.1) is 10.0 Å². The molecule has 0 aliphatic rings. The third-order valence-corrected chi connectivity index (χ3v) is 3.66. The fourth-order valence-corrected chi connectivity index (χ4v) is 1.85. The molecule has 0 N–H and O–H groups in total. The first-order chi connectivity index (χ1) is 6.75. The van der Waals surface area contributed by atoms with Gasteiger partial charge >= 0.3 is 6.18 Å². The maximum absolute atomic E-state index is 12.3. The number of hydrogen-bond acceptors (Lipinski definition) is 1. The van der Waals surface area contributed by atoms with E-state index in [1.807, 2.05) is 0 Å². The maximum atomic E-state index is 12.3. The van der Waals surface area contributed by atoms with E-state index < -0.39 is 28.3 Å². The molecule has 1 rings (SSSR count). The lowest BCUT2D eigenvalue weighted by Gasteiger charge is -2.11. The van der Waals surface area contributed by atoms with E-state index in [4.69, 9.17) is 0 Å². The van der Waals surface area contributed by atoms with Crippen LogP contribution in [0.4, 0.5) is 22.0 Å². The summed E-state index contributed by atoms with van der Waals surface area (Å²) in [4.78, 5) is 3.06. The van der Waals surface area contributed by atoms with E-state index in [0.29, 0.717) is 6.20 Å². The fourth-order valence-electron chi connectivity index (χ4n) is 0.828. The lowest BCUT2D eigenvalue weighted by atomic mass is 10.2. The molecule has 0 unspecified atom stereocenters. The van der Waals surface area contributed by atoms with Crippen molar-refractivity contribution in [2.45, 2.75) is 12.6 Å². The van der Waals surface area contributed by atoms with Gasteiger partial charge in [0.25, 0.3) is 6.43 Å². The zero-order chi connectivity index (χ0) is 11.8. The van der Waals surface area contributed by atoms with Crippen molar-refractivity contribution >= 4 is 31.9 Å². The summed E-state index contributed by atoms with van der Waals surface area (Å²) in [5.74, 6) is 0. The molecule has 1 nitrogen and oxygen atoms in total. The van der Waals surface area contributed by atoms with Crippen molar-refractivity contribution in [3.05, 3.63) is 26.4 Å². The monoisotopic (exact) mass is 353 g/mol. The number of hydrogen-bond donors (Lipinski definition) is 0. The van der Waals surface area contributed by atoms with Crippen LogP contribution in [-0.2, 0) is 6.18 Å². The molecule has 84 valence electrons. The number of alkyl halides is 5. The van der Waals surface area contributed by atoms with Gasteiger partial charge in [0.2, 0.25) is 0 Å². The predicted molar refractivity (Wildman–Crippen MR) is 49.6 cm³/mol. The van der Waals surface area contributed by atoms with Crippen LogP contribution in [0.3, 0.4) is 0 Å². The molecule has 0 bridgehead atoms. The highest BCUT2D eigenvalue weighted by Crippen LogP contribution is 2.40. The standard InChI is InChI=1S/C7H2Br2F5N/c8-3-2(7(12,13)14)1-15-5(4(3)9)6(10)11/h1,6H. The molecule has 0 fully saturated rings. The van der Waals surface area contributed by atoms with Crippen molar-refractivity contribution in [1.82, 2.24) is 4.98 Å². The van der Waals surface area contributed by atoms with Crippen molar-refractivity contribution < 1.29 is 22.0 Å². The molecule has 0 aromatic carbocycles. The number of nitrogens with zero attached hydrogens (tertiary/aromatic N) is 1. The minimum Gasteiger partial charge on any atom is -0.253 e. The number of rotatable bonds is 1. The van der Waals surface area contributed by atoms with Gasteiger partial charge in [-0.05, 0) is 31.9 Å². The number of aromatic nitrogens is 1. The highest BCUT2D eigenvalue weighted by Gasteiger charge is 2.35. The third-order valence-electron chi connectivity index (χ3n) is 1.50. The zero-order valence-electron chi connectivity index (χ0n) is 6.75. The summed E-state index contributed by atoms with van der Waals surface area (Å²) >= 11 is 5.23. The van der Waals surface area contributed by atoms with Crippen molar-refractivity contribution in [2.24, 2.45) is 0 Å². The predicted octanol–water partition coefficient (Wildman–Crippen LogP) is 4.56. The lowest BCUT2D eigenvalue weighted by Crippen LogP contribution is -2.08. The van der Waals surface area contributed by atoms with E-state index in [1.165, 1.54) is 0 Å². The Kier molecular flexibility index (Phi) is 3.70. The van der Waals surface area contributed by atoms with Crippen molar-refractivity contribution in [1.29, 1.82) is 0 Å². The van der Waals surface area contributed by atoms with Gasteiger partial charge in [0, 0.05) is 10.7 Å². The number of pyridine rings is 1. The number of halogens is 7. The summed E-state index contributed by atoms with van der Waals surface area (Å²) in [7, 11) is 0. The third kappa shape index (κ3) is 2.66. The molecule has 0 saturated heterocycles. The van der Waals surface area contributed by atoms with Gasteiger partial charge in [-0.25, -0.2) is 8.78 Å². The van der Waals surface area contributed by atoms with Gasteiger partial charge in [-0.15, -0.1) is 0 Å². The zero-order valence-corrected chi connectivity index (χ0v) is 9.92. The van der Waals surface area contributed by atoms with Gasteiger partial charge < -0.3 is 0 Å². The van der Waals surface area contributed by atoms with Gasteiger partial charge in [-0.3, -0.25) is 4.98 Å². The van der Waals surface area contributed by atoms with Crippen molar-refractivity contribution in [3.8, 4) is 0 Å². The fraction of sp³-hybridized carbons (Fsp3) is 0.286. The first-order valence-electron chi connectivity index (χ1n) is 3.44. The highest BCUT2D eigenvalue weighted by atomic mass is 79.9. The Balaban J connectivity index is 3.34. The van der Waals surface area contributed by atoms with Crippen LogP contribution in [0.25, 0.3) is 0 Å². The molecule has 0 aliphatic heterocycles. The van der Waals surface area contributed by atoms with E-state index in [0.717, 1.165) is 0 Å². The largest absolute Gasteiger partial charge is 0.419 e. The Labute approximate surface area is 97.9 Å². The lowest BCUT2D eigenvalue weighted by molar-refractivity contribution is -0.138. The molecule has 1 heterocycles. The van der Waals surface area contributed by atoms with Crippen LogP contribution >= 0.6 is 31.9 Å². The maximum Gasteiger partial charge on any atom is 0.419 e. The Morgan fingerprint density at radius 1 is 1.13 bits per heavy atom. The van der Waals surface area contributed by atoms with Crippen LogP contribution in [0.1, 0.15) is 17.7 Å². The molecule has 0 spiro atoms. The second-order valence-electron chi connectivity index (χ2n) is 2.48. The second kappa shape index (κ2) is 4.32. The first-order valence-corrected chi connectivity index (χ1v) is 5.03. The second-order valence-corrected chi connectivity index (χ2v) is 4.07. The highest BCUT2D eigenvalue weighted by molar-refractivity contribution is 9.13. The summed E-state index contributed by atoms with van der Waals surface area (Å²) < 4.78 is 60.5. The molecule has 15 heavy (non-hydrogen) atoms. The van der Waals surface area contributed by atoms with E-state index in [-0.39, 0.29) is 4.47 Å². The molecule has 0 atom stereocenters. The minimum atomic E-state index is -4.63. The first kappa shape index (κ1) is 12.8. The van der Waals surface area contributed by atoms with Gasteiger partial charge in [0.1, 0.15) is 5.69 Å². The Morgan fingerprint density at radius 2 is 1.67 bits per heavy atom. The Morgan fingerprint density at radius 3 is 2.07 bits per heavy atom. The normalized spacial score (nSPS) is 12.3. The van der Waals surface area contributed by atoms with E-state index in [1.54, 1.807) is 0 Å². The molecule has 0 radical (unpaired) electrons. The summed E-state index contributed by atoms with van der Waals surface area (Å²) in [5, 5.41) is 0. The smallest absolute Gasteiger partial charge is 0.253 e. The molecule has 0 saturated carbocycles. The van der Waals surface area contributed by atoms with Gasteiger partial charge in [-0.1, -0.05) is 0 Å². The molecular formula is C7H2Br2F5N. The molecule has 1 aromatic rings. The topological polar surface area (TPSA) is 12.9 Å². The quantitative estimate of drug-likeness (QED) is 0.673. The van der Waals surface area contributed by atoms with Crippen LogP contribution in [0, 0.1) is 0 Å². The van der Waals surface area contributed by atoms with Crippen LogP contribution in [0.2, 0.25) is 0 Å². The SMILES string of the molecule is FC(F)c1ncc(C(F)(F)F)c(Br)c1Br. The van der Waals surface area contributed by atoms with Gasteiger partial charge in [0.15, 0.2) is 0 Å². The van der Waals surface area contributed by atoms with Gasteiger partial charge in [-0.2, -0.15) is 13.2 Å². The average Bonchev–Trinajstić information content (AvgIpc) is 2.06.